The Bertz CT molecular complexity index is 430. The van der Waals surface area contributed by atoms with Crippen LogP contribution < -0.4 is 10.6 Å². The van der Waals surface area contributed by atoms with E-state index >= 15 is 0 Å². The molecule has 1 aliphatic rings. The van der Waals surface area contributed by atoms with E-state index in [4.69, 9.17) is 4.74 Å². The van der Waals surface area contributed by atoms with E-state index in [9.17, 15) is 10.1 Å². The van der Waals surface area contributed by atoms with Crippen molar-refractivity contribution in [2.45, 2.75) is 18.4 Å². The highest BCUT2D eigenvalue weighted by molar-refractivity contribution is 5.31. The van der Waals surface area contributed by atoms with E-state index in [0.717, 1.165) is 19.4 Å². The molecule has 0 aliphatic carbocycles. The van der Waals surface area contributed by atoms with Crippen LogP contribution in [0.3, 0.4) is 0 Å². The van der Waals surface area contributed by atoms with Crippen molar-refractivity contribution in [3.63, 3.8) is 0 Å². The molecule has 19 heavy (non-hydrogen) atoms. The average molecular weight is 267 g/mol. The quantitative estimate of drug-likeness (QED) is 0.573. The summed E-state index contributed by atoms with van der Waals surface area (Å²) in [7, 11) is 1.67. The first kappa shape index (κ1) is 13.6. The number of nitro groups is 1. The molecule has 2 N–H and O–H groups in total. The highest BCUT2D eigenvalue weighted by Crippen LogP contribution is 2.20. The van der Waals surface area contributed by atoms with Crippen LogP contribution in [0.4, 0.5) is 11.6 Å². The van der Waals surface area contributed by atoms with Crippen LogP contribution in [0.2, 0.25) is 0 Å². The van der Waals surface area contributed by atoms with Crippen LogP contribution in [-0.2, 0) is 4.74 Å². The second kappa shape index (κ2) is 5.89. The van der Waals surface area contributed by atoms with Gasteiger partial charge in [0, 0.05) is 13.7 Å². The number of anilines is 1. The Morgan fingerprint density at radius 3 is 2.84 bits per heavy atom. The number of rotatable bonds is 6. The maximum absolute atomic E-state index is 10.5. The zero-order chi connectivity index (χ0) is 13.7. The van der Waals surface area contributed by atoms with Crippen molar-refractivity contribution in [1.29, 1.82) is 0 Å². The van der Waals surface area contributed by atoms with E-state index in [1.165, 1.54) is 12.4 Å². The van der Waals surface area contributed by atoms with E-state index < -0.39 is 4.92 Å². The molecule has 0 amide bonds. The predicted octanol–water partition coefficient (Wildman–Crippen LogP) is 0.565. The van der Waals surface area contributed by atoms with Crippen LogP contribution >= 0.6 is 0 Å². The summed E-state index contributed by atoms with van der Waals surface area (Å²) in [5.41, 5.74) is -0.226. The Hall–Kier alpha value is -1.80. The van der Waals surface area contributed by atoms with Gasteiger partial charge in [0.2, 0.25) is 5.95 Å². The molecule has 0 bridgehead atoms. The number of ether oxygens (including phenoxy) is 1. The Kier molecular flexibility index (Phi) is 4.23. The van der Waals surface area contributed by atoms with Gasteiger partial charge in [-0.05, 0) is 19.4 Å². The molecule has 0 aromatic carbocycles. The van der Waals surface area contributed by atoms with Crippen LogP contribution in [0.5, 0.6) is 0 Å². The summed E-state index contributed by atoms with van der Waals surface area (Å²) in [5.74, 6) is 0.384. The molecular formula is C11H17N5O3. The molecule has 1 aliphatic heterocycles. The number of nitrogens with zero attached hydrogens (tertiary/aromatic N) is 3. The monoisotopic (exact) mass is 267 g/mol. The Morgan fingerprint density at radius 1 is 1.58 bits per heavy atom. The lowest BCUT2D eigenvalue weighted by Crippen LogP contribution is -2.49. The second-order valence-electron chi connectivity index (χ2n) is 4.62. The van der Waals surface area contributed by atoms with Gasteiger partial charge in [0.1, 0.15) is 12.4 Å². The first-order chi connectivity index (χ1) is 9.15. The fraction of sp³-hybridized carbons (Fsp3) is 0.636. The molecule has 1 aromatic rings. The Balaban J connectivity index is 1.95. The number of aromatic nitrogens is 2. The topological polar surface area (TPSA) is 102 Å². The molecule has 8 nitrogen and oxygen atoms in total. The number of nitrogens with one attached hydrogen (secondary N) is 2. The zero-order valence-electron chi connectivity index (χ0n) is 10.8. The van der Waals surface area contributed by atoms with Crippen LogP contribution in [0.1, 0.15) is 12.8 Å². The summed E-state index contributed by atoms with van der Waals surface area (Å²) < 4.78 is 5.24. The molecule has 0 saturated carbocycles. The van der Waals surface area contributed by atoms with E-state index in [2.05, 4.69) is 20.6 Å². The van der Waals surface area contributed by atoms with Gasteiger partial charge in [-0.3, -0.25) is 10.1 Å². The van der Waals surface area contributed by atoms with Crippen molar-refractivity contribution < 1.29 is 9.66 Å². The summed E-state index contributed by atoms with van der Waals surface area (Å²) in [6, 6.07) is 0. The van der Waals surface area contributed by atoms with Crippen molar-refractivity contribution in [3.8, 4) is 0 Å². The average Bonchev–Trinajstić information content (AvgIpc) is 2.86. The van der Waals surface area contributed by atoms with Crippen molar-refractivity contribution in [3.05, 3.63) is 22.5 Å². The van der Waals surface area contributed by atoms with Gasteiger partial charge in [-0.15, -0.1) is 0 Å². The molecule has 0 radical (unpaired) electrons. The van der Waals surface area contributed by atoms with Gasteiger partial charge >= 0.3 is 5.69 Å². The maximum atomic E-state index is 10.5. The Morgan fingerprint density at radius 2 is 2.32 bits per heavy atom. The Labute approximate surface area is 110 Å². The highest BCUT2D eigenvalue weighted by atomic mass is 16.6. The van der Waals surface area contributed by atoms with Gasteiger partial charge in [0.25, 0.3) is 0 Å². The van der Waals surface area contributed by atoms with Crippen LogP contribution in [0, 0.1) is 10.1 Å². The van der Waals surface area contributed by atoms with Gasteiger partial charge in [0.05, 0.1) is 17.1 Å². The summed E-state index contributed by atoms with van der Waals surface area (Å²) in [4.78, 5) is 17.8. The zero-order valence-corrected chi connectivity index (χ0v) is 10.8. The van der Waals surface area contributed by atoms with Crippen molar-refractivity contribution in [1.82, 2.24) is 15.3 Å². The fourth-order valence-corrected chi connectivity index (χ4v) is 2.23. The lowest BCUT2D eigenvalue weighted by atomic mass is 9.99. The molecule has 2 heterocycles. The third-order valence-corrected chi connectivity index (χ3v) is 3.19. The van der Waals surface area contributed by atoms with Gasteiger partial charge in [-0.25, -0.2) is 9.97 Å². The summed E-state index contributed by atoms with van der Waals surface area (Å²) in [6.07, 6.45) is 4.51. The normalized spacial score (nSPS) is 22.4. The summed E-state index contributed by atoms with van der Waals surface area (Å²) >= 11 is 0. The van der Waals surface area contributed by atoms with E-state index in [-0.39, 0.29) is 11.2 Å². The van der Waals surface area contributed by atoms with Crippen molar-refractivity contribution in [2.75, 3.05) is 32.1 Å². The standard InChI is InChI=1S/C11H17N5O3/c1-19-8-11(3-2-4-15-11)7-14-10-12-5-9(6-13-10)16(17)18/h5-6,15H,2-4,7-8H2,1H3,(H,12,13,14). The third-order valence-electron chi connectivity index (χ3n) is 3.19. The third kappa shape index (κ3) is 3.36. The van der Waals surface area contributed by atoms with Crippen LogP contribution in [-0.4, -0.2) is 47.2 Å². The molecule has 104 valence electrons. The maximum Gasteiger partial charge on any atom is 0.305 e. The van der Waals surface area contributed by atoms with E-state index in [1.807, 2.05) is 0 Å². The first-order valence-corrected chi connectivity index (χ1v) is 6.09. The van der Waals surface area contributed by atoms with Gasteiger partial charge in [0.15, 0.2) is 0 Å². The number of hydrogen-bond donors (Lipinski definition) is 2. The molecule has 1 unspecified atom stereocenters. The van der Waals surface area contributed by atoms with Crippen molar-refractivity contribution >= 4 is 11.6 Å². The summed E-state index contributed by atoms with van der Waals surface area (Å²) in [5, 5.41) is 17.0. The van der Waals surface area contributed by atoms with Crippen molar-refractivity contribution in [2.24, 2.45) is 0 Å². The van der Waals surface area contributed by atoms with E-state index in [1.54, 1.807) is 7.11 Å². The molecule has 1 fully saturated rings. The number of hydrogen-bond acceptors (Lipinski definition) is 7. The second-order valence-corrected chi connectivity index (χ2v) is 4.62. The number of methoxy groups -OCH3 is 1. The van der Waals surface area contributed by atoms with E-state index in [0.29, 0.717) is 19.1 Å². The van der Waals surface area contributed by atoms with Crippen LogP contribution in [0.25, 0.3) is 0 Å². The van der Waals surface area contributed by atoms with Gasteiger partial charge in [-0.1, -0.05) is 0 Å². The minimum Gasteiger partial charge on any atom is -0.383 e. The largest absolute Gasteiger partial charge is 0.383 e. The summed E-state index contributed by atoms with van der Waals surface area (Å²) in [6.45, 7) is 2.19. The first-order valence-electron chi connectivity index (χ1n) is 6.09. The molecule has 8 heteroatoms. The minimum atomic E-state index is -0.519. The smallest absolute Gasteiger partial charge is 0.305 e. The minimum absolute atomic E-state index is 0.111. The molecular weight excluding hydrogens is 250 g/mol. The molecule has 1 atom stereocenters. The molecule has 0 spiro atoms. The predicted molar refractivity (Wildman–Crippen MR) is 69.0 cm³/mol. The lowest BCUT2D eigenvalue weighted by molar-refractivity contribution is -0.385. The van der Waals surface area contributed by atoms with Gasteiger partial charge < -0.3 is 15.4 Å². The highest BCUT2D eigenvalue weighted by Gasteiger charge is 2.33. The molecule has 2 rings (SSSR count). The fourth-order valence-electron chi connectivity index (χ4n) is 2.23. The van der Waals surface area contributed by atoms with Crippen LogP contribution in [0.15, 0.2) is 12.4 Å². The SMILES string of the molecule is COCC1(CNc2ncc([N+](=O)[O-])cn2)CCCN1. The van der Waals surface area contributed by atoms with Gasteiger partial charge in [-0.2, -0.15) is 0 Å². The molecule has 1 aromatic heterocycles. The molecule has 1 saturated heterocycles. The lowest BCUT2D eigenvalue weighted by Gasteiger charge is -2.28.